The largest absolute Gasteiger partial charge is 0.307 e. The van der Waals surface area contributed by atoms with Crippen molar-refractivity contribution in [1.29, 1.82) is 0 Å². The third kappa shape index (κ3) is 2.93. The van der Waals surface area contributed by atoms with Crippen LogP contribution in [0.2, 0.25) is 0 Å². The highest BCUT2D eigenvalue weighted by Crippen LogP contribution is 2.13. The second-order valence-corrected chi connectivity index (χ2v) is 4.52. The van der Waals surface area contributed by atoms with Gasteiger partial charge in [0.25, 0.3) is 0 Å². The summed E-state index contributed by atoms with van der Waals surface area (Å²) in [6, 6.07) is 9.87. The molecule has 0 spiro atoms. The van der Waals surface area contributed by atoms with Gasteiger partial charge in [0, 0.05) is 23.2 Å². The smallest absolute Gasteiger partial charge is 0.176 e. The van der Waals surface area contributed by atoms with E-state index in [1.54, 1.807) is 6.20 Å². The first-order chi connectivity index (χ1) is 8.70. The van der Waals surface area contributed by atoms with E-state index in [0.717, 1.165) is 22.9 Å². The van der Waals surface area contributed by atoms with E-state index in [1.807, 2.05) is 30.3 Å². The first kappa shape index (κ1) is 12.7. The minimum absolute atomic E-state index is 0.126. The topological polar surface area (TPSA) is 42.0 Å². The molecule has 1 unspecified atom stereocenters. The van der Waals surface area contributed by atoms with Crippen LogP contribution in [0.25, 0.3) is 10.9 Å². The Kier molecular flexibility index (Phi) is 4.05. The Morgan fingerprint density at radius 3 is 3.00 bits per heavy atom. The molecule has 0 saturated carbocycles. The lowest BCUT2D eigenvalue weighted by Gasteiger charge is -2.10. The van der Waals surface area contributed by atoms with Crippen LogP contribution in [0.5, 0.6) is 0 Å². The molecule has 2 aromatic rings. The minimum atomic E-state index is 0.126. The molecular weight excluding hydrogens is 224 g/mol. The zero-order valence-electron chi connectivity index (χ0n) is 10.8. The van der Waals surface area contributed by atoms with E-state index in [0.29, 0.717) is 12.6 Å². The maximum Gasteiger partial charge on any atom is 0.176 e. The van der Waals surface area contributed by atoms with Gasteiger partial charge in [0.2, 0.25) is 0 Å². The van der Waals surface area contributed by atoms with Crippen LogP contribution < -0.4 is 5.32 Å². The van der Waals surface area contributed by atoms with Crippen LogP contribution >= 0.6 is 0 Å². The van der Waals surface area contributed by atoms with Gasteiger partial charge in [0.1, 0.15) is 0 Å². The molecule has 1 aromatic heterocycles. The highest BCUT2D eigenvalue weighted by atomic mass is 16.1. The van der Waals surface area contributed by atoms with E-state index >= 15 is 0 Å². The van der Waals surface area contributed by atoms with E-state index in [2.05, 4.69) is 24.1 Å². The molecule has 18 heavy (non-hydrogen) atoms. The Morgan fingerprint density at radius 2 is 2.22 bits per heavy atom. The SMILES string of the molecule is CCC(C)NCC(=O)c1ccc2ncccc2c1. The van der Waals surface area contributed by atoms with Crippen molar-refractivity contribution in [3.05, 3.63) is 42.1 Å². The zero-order chi connectivity index (χ0) is 13.0. The number of aromatic nitrogens is 1. The van der Waals surface area contributed by atoms with E-state index in [4.69, 9.17) is 0 Å². The highest BCUT2D eigenvalue weighted by molar-refractivity contribution is 6.00. The van der Waals surface area contributed by atoms with Crippen LogP contribution in [0.3, 0.4) is 0 Å². The van der Waals surface area contributed by atoms with Crippen LogP contribution in [-0.4, -0.2) is 23.4 Å². The minimum Gasteiger partial charge on any atom is -0.307 e. The van der Waals surface area contributed by atoms with Gasteiger partial charge in [0.15, 0.2) is 5.78 Å². The van der Waals surface area contributed by atoms with Crippen molar-refractivity contribution in [2.45, 2.75) is 26.3 Å². The van der Waals surface area contributed by atoms with Crippen molar-refractivity contribution in [3.63, 3.8) is 0 Å². The van der Waals surface area contributed by atoms with Gasteiger partial charge < -0.3 is 5.32 Å². The summed E-state index contributed by atoms with van der Waals surface area (Å²) in [5.74, 6) is 0.126. The average Bonchev–Trinajstić information content (AvgIpc) is 2.43. The van der Waals surface area contributed by atoms with Crippen LogP contribution in [0.15, 0.2) is 36.5 Å². The molecule has 0 amide bonds. The average molecular weight is 242 g/mol. The monoisotopic (exact) mass is 242 g/mol. The summed E-state index contributed by atoms with van der Waals surface area (Å²) in [7, 11) is 0. The second-order valence-electron chi connectivity index (χ2n) is 4.52. The van der Waals surface area contributed by atoms with Crippen molar-refractivity contribution >= 4 is 16.7 Å². The number of ketones is 1. The van der Waals surface area contributed by atoms with Gasteiger partial charge in [-0.1, -0.05) is 13.0 Å². The Labute approximate surface area is 107 Å². The summed E-state index contributed by atoms with van der Waals surface area (Å²) in [6.45, 7) is 4.57. The quantitative estimate of drug-likeness (QED) is 0.820. The Balaban J connectivity index is 2.13. The molecule has 0 aliphatic heterocycles. The number of nitrogens with zero attached hydrogens (tertiary/aromatic N) is 1. The fourth-order valence-electron chi connectivity index (χ4n) is 1.76. The van der Waals surface area contributed by atoms with Crippen molar-refractivity contribution < 1.29 is 4.79 Å². The van der Waals surface area contributed by atoms with E-state index < -0.39 is 0 Å². The first-order valence-corrected chi connectivity index (χ1v) is 6.32. The van der Waals surface area contributed by atoms with Crippen molar-refractivity contribution in [2.24, 2.45) is 0 Å². The number of hydrogen-bond donors (Lipinski definition) is 1. The fraction of sp³-hybridized carbons (Fsp3) is 0.333. The van der Waals surface area contributed by atoms with Gasteiger partial charge in [-0.05, 0) is 37.6 Å². The summed E-state index contributed by atoms with van der Waals surface area (Å²) in [4.78, 5) is 16.3. The predicted molar refractivity (Wildman–Crippen MR) is 73.8 cm³/mol. The molecule has 2 rings (SSSR count). The number of fused-ring (bicyclic) bond motifs is 1. The summed E-state index contributed by atoms with van der Waals surface area (Å²) >= 11 is 0. The zero-order valence-corrected chi connectivity index (χ0v) is 10.8. The molecule has 1 N–H and O–H groups in total. The predicted octanol–water partition coefficient (Wildman–Crippen LogP) is 2.81. The fourth-order valence-corrected chi connectivity index (χ4v) is 1.76. The lowest BCUT2D eigenvalue weighted by atomic mass is 10.1. The molecule has 1 aromatic carbocycles. The maximum atomic E-state index is 12.0. The lowest BCUT2D eigenvalue weighted by molar-refractivity contribution is 0.0988. The van der Waals surface area contributed by atoms with Crippen LogP contribution in [-0.2, 0) is 0 Å². The lowest BCUT2D eigenvalue weighted by Crippen LogP contribution is -2.30. The number of carbonyl (C=O) groups excluding carboxylic acids is 1. The van der Waals surface area contributed by atoms with Crippen molar-refractivity contribution in [3.8, 4) is 0 Å². The van der Waals surface area contributed by atoms with Crippen molar-refractivity contribution in [1.82, 2.24) is 10.3 Å². The molecule has 0 aliphatic carbocycles. The van der Waals surface area contributed by atoms with E-state index in [9.17, 15) is 4.79 Å². The summed E-state index contributed by atoms with van der Waals surface area (Å²) in [6.07, 6.45) is 2.78. The number of pyridine rings is 1. The molecule has 3 heteroatoms. The maximum absolute atomic E-state index is 12.0. The summed E-state index contributed by atoms with van der Waals surface area (Å²) in [5, 5.41) is 4.22. The molecule has 0 aliphatic rings. The van der Waals surface area contributed by atoms with Gasteiger partial charge in [-0.25, -0.2) is 0 Å². The third-order valence-electron chi connectivity index (χ3n) is 3.15. The molecule has 0 radical (unpaired) electrons. The Morgan fingerprint density at radius 1 is 1.39 bits per heavy atom. The van der Waals surface area contributed by atoms with Gasteiger partial charge in [0.05, 0.1) is 12.1 Å². The number of hydrogen-bond acceptors (Lipinski definition) is 3. The van der Waals surface area contributed by atoms with Gasteiger partial charge in [-0.2, -0.15) is 0 Å². The number of nitrogens with one attached hydrogen (secondary N) is 1. The molecule has 0 saturated heterocycles. The molecule has 0 fully saturated rings. The molecular formula is C15H18N2O. The normalized spacial score (nSPS) is 12.6. The van der Waals surface area contributed by atoms with E-state index in [-0.39, 0.29) is 5.78 Å². The summed E-state index contributed by atoms with van der Waals surface area (Å²) < 4.78 is 0. The molecule has 94 valence electrons. The number of rotatable bonds is 5. The van der Waals surface area contributed by atoms with Crippen LogP contribution in [0.1, 0.15) is 30.6 Å². The van der Waals surface area contributed by atoms with Gasteiger partial charge >= 0.3 is 0 Å². The Hall–Kier alpha value is -1.74. The highest BCUT2D eigenvalue weighted by Gasteiger charge is 2.08. The molecule has 0 bridgehead atoms. The van der Waals surface area contributed by atoms with Crippen molar-refractivity contribution in [2.75, 3.05) is 6.54 Å². The Bertz CT molecular complexity index is 551. The van der Waals surface area contributed by atoms with Gasteiger partial charge in [-0.3, -0.25) is 9.78 Å². The first-order valence-electron chi connectivity index (χ1n) is 6.32. The van der Waals surface area contributed by atoms with E-state index in [1.165, 1.54) is 0 Å². The standard InChI is InChI=1S/C15H18N2O/c1-3-11(2)17-10-15(18)13-6-7-14-12(9-13)5-4-8-16-14/h4-9,11,17H,3,10H2,1-2H3. The van der Waals surface area contributed by atoms with Crippen LogP contribution in [0, 0.1) is 0 Å². The molecule has 3 nitrogen and oxygen atoms in total. The number of benzene rings is 1. The second kappa shape index (κ2) is 5.74. The number of carbonyl (C=O) groups is 1. The number of Topliss-reactive ketones (excluding diaryl/α,β-unsaturated/α-hetero) is 1. The summed E-state index contributed by atoms with van der Waals surface area (Å²) in [5.41, 5.74) is 1.66. The van der Waals surface area contributed by atoms with Crippen LogP contribution in [0.4, 0.5) is 0 Å². The molecule has 1 heterocycles. The molecule has 1 atom stereocenters. The van der Waals surface area contributed by atoms with Gasteiger partial charge in [-0.15, -0.1) is 0 Å². The third-order valence-corrected chi connectivity index (χ3v) is 3.15.